The van der Waals surface area contributed by atoms with Crippen molar-refractivity contribution >= 4 is 33.6 Å². The maximum Gasteiger partial charge on any atom is 0.326 e. The molecule has 20 heavy (non-hydrogen) atoms. The van der Waals surface area contributed by atoms with Gasteiger partial charge in [-0.2, -0.15) is 0 Å². The molecule has 0 aromatic heterocycles. The zero-order valence-corrected chi connectivity index (χ0v) is 12.4. The van der Waals surface area contributed by atoms with Crippen LogP contribution in [0, 0.1) is 6.92 Å². The average Bonchev–Trinajstić information content (AvgIpc) is 2.76. The highest BCUT2D eigenvalue weighted by Crippen LogP contribution is 2.23. The van der Waals surface area contributed by atoms with E-state index in [9.17, 15) is 14.7 Å². The minimum atomic E-state index is -1.11. The topological polar surface area (TPSA) is 89.9 Å². The number of hydrogen-bond donors (Lipinski definition) is 3. The molecule has 3 N–H and O–H groups in total. The van der Waals surface area contributed by atoms with Gasteiger partial charge in [0.25, 0.3) is 0 Å². The molecular formula is C13H15BrN2O4. The number of hydrogen-bond acceptors (Lipinski definition) is 3. The minimum absolute atomic E-state index is 0.0237. The molecule has 0 saturated carbocycles. The normalized spacial score (nSPS) is 21.9. The number of aliphatic hydroxyl groups excluding tert-OH is 1. The molecule has 7 heteroatoms. The number of benzene rings is 1. The Bertz CT molecular complexity index is 549. The molecule has 6 nitrogen and oxygen atoms in total. The van der Waals surface area contributed by atoms with Crippen molar-refractivity contribution in [2.45, 2.75) is 25.5 Å². The lowest BCUT2D eigenvalue weighted by Gasteiger charge is -2.22. The van der Waals surface area contributed by atoms with Crippen molar-refractivity contribution in [3.8, 4) is 0 Å². The SMILES string of the molecule is Cc1ccc(Br)cc1NC(=O)N1CC(O)C[C@H]1C(=O)O. The first-order valence-electron chi connectivity index (χ1n) is 6.13. The van der Waals surface area contributed by atoms with Gasteiger partial charge in [0.05, 0.1) is 6.10 Å². The lowest BCUT2D eigenvalue weighted by atomic mass is 10.2. The standard InChI is InChI=1S/C13H15BrN2O4/c1-7-2-3-8(14)4-10(7)15-13(20)16-6-9(17)5-11(16)12(18)19/h2-4,9,11,17H,5-6H2,1H3,(H,15,20)(H,18,19)/t9?,11-/m0/s1. The maximum atomic E-state index is 12.2. The molecule has 1 aliphatic rings. The lowest BCUT2D eigenvalue weighted by Crippen LogP contribution is -2.43. The predicted octanol–water partition coefficient (Wildman–Crippen LogP) is 1.81. The fraction of sp³-hybridized carbons (Fsp3) is 0.385. The Kier molecular flexibility index (Phi) is 4.29. The second-order valence-electron chi connectivity index (χ2n) is 4.79. The van der Waals surface area contributed by atoms with Gasteiger partial charge in [-0.1, -0.05) is 22.0 Å². The quantitative estimate of drug-likeness (QED) is 0.764. The van der Waals surface area contributed by atoms with E-state index in [0.717, 1.165) is 14.9 Å². The van der Waals surface area contributed by atoms with E-state index in [1.54, 1.807) is 6.07 Å². The predicted molar refractivity (Wildman–Crippen MR) is 76.7 cm³/mol. The third kappa shape index (κ3) is 3.10. The van der Waals surface area contributed by atoms with Crippen molar-refractivity contribution in [3.05, 3.63) is 28.2 Å². The molecule has 2 rings (SSSR count). The first-order valence-corrected chi connectivity index (χ1v) is 6.92. The number of aliphatic carboxylic acids is 1. The fourth-order valence-corrected chi connectivity index (χ4v) is 2.55. The van der Waals surface area contributed by atoms with Crippen molar-refractivity contribution in [2.75, 3.05) is 11.9 Å². The fourth-order valence-electron chi connectivity index (χ4n) is 2.19. The van der Waals surface area contributed by atoms with E-state index >= 15 is 0 Å². The van der Waals surface area contributed by atoms with Gasteiger partial charge in [0.1, 0.15) is 6.04 Å². The summed E-state index contributed by atoms with van der Waals surface area (Å²) < 4.78 is 0.814. The number of nitrogens with zero attached hydrogens (tertiary/aromatic N) is 1. The number of β-amino-alcohol motifs (C(OH)–C–C–N with tert-alkyl or cyclic N) is 1. The molecular weight excluding hydrogens is 328 g/mol. The van der Waals surface area contributed by atoms with Gasteiger partial charge in [0, 0.05) is 23.1 Å². The molecule has 1 fully saturated rings. The summed E-state index contributed by atoms with van der Waals surface area (Å²) >= 11 is 3.32. The van der Waals surface area contributed by atoms with Crippen LogP contribution in [0.15, 0.2) is 22.7 Å². The molecule has 2 atom stereocenters. The molecule has 0 spiro atoms. The van der Waals surface area contributed by atoms with Crippen molar-refractivity contribution < 1.29 is 19.8 Å². The number of anilines is 1. The Morgan fingerprint density at radius 1 is 1.45 bits per heavy atom. The van der Waals surface area contributed by atoms with E-state index < -0.39 is 24.1 Å². The van der Waals surface area contributed by atoms with Gasteiger partial charge in [-0.15, -0.1) is 0 Å². The minimum Gasteiger partial charge on any atom is -0.480 e. The number of aryl methyl sites for hydroxylation is 1. The highest BCUT2D eigenvalue weighted by atomic mass is 79.9. The molecule has 1 saturated heterocycles. The van der Waals surface area contributed by atoms with Crippen LogP contribution in [0.25, 0.3) is 0 Å². The Balaban J connectivity index is 2.15. The van der Waals surface area contributed by atoms with Gasteiger partial charge in [0.2, 0.25) is 0 Å². The van der Waals surface area contributed by atoms with Crippen LogP contribution >= 0.6 is 15.9 Å². The number of aliphatic hydroxyl groups is 1. The van der Waals surface area contributed by atoms with E-state index in [1.165, 1.54) is 0 Å². The van der Waals surface area contributed by atoms with Crippen molar-refractivity contribution in [1.82, 2.24) is 4.90 Å². The van der Waals surface area contributed by atoms with Gasteiger partial charge in [0.15, 0.2) is 0 Å². The largest absolute Gasteiger partial charge is 0.480 e. The third-order valence-corrected chi connectivity index (χ3v) is 3.76. The van der Waals surface area contributed by atoms with E-state index in [2.05, 4.69) is 21.2 Å². The number of urea groups is 1. The van der Waals surface area contributed by atoms with Gasteiger partial charge < -0.3 is 20.4 Å². The van der Waals surface area contributed by atoms with E-state index in [0.29, 0.717) is 5.69 Å². The molecule has 2 amide bonds. The Hall–Kier alpha value is -1.60. The first kappa shape index (κ1) is 14.8. The van der Waals surface area contributed by atoms with Crippen LogP contribution in [-0.2, 0) is 4.79 Å². The van der Waals surface area contributed by atoms with Crippen LogP contribution in [0.2, 0.25) is 0 Å². The average molecular weight is 343 g/mol. The van der Waals surface area contributed by atoms with Crippen molar-refractivity contribution in [2.24, 2.45) is 0 Å². The molecule has 1 aliphatic heterocycles. The summed E-state index contributed by atoms with van der Waals surface area (Å²) in [6, 6.07) is 3.93. The zero-order valence-electron chi connectivity index (χ0n) is 10.8. The first-order chi connectivity index (χ1) is 9.38. The second-order valence-corrected chi connectivity index (χ2v) is 5.70. The van der Waals surface area contributed by atoms with Gasteiger partial charge in [-0.05, 0) is 24.6 Å². The highest BCUT2D eigenvalue weighted by molar-refractivity contribution is 9.10. The number of carboxylic acid groups (broad SMARTS) is 1. The summed E-state index contributed by atoms with van der Waals surface area (Å²) in [4.78, 5) is 24.4. The van der Waals surface area contributed by atoms with E-state index in [1.807, 2.05) is 19.1 Å². The van der Waals surface area contributed by atoms with Crippen molar-refractivity contribution in [3.63, 3.8) is 0 Å². The molecule has 1 heterocycles. The molecule has 108 valence electrons. The van der Waals surface area contributed by atoms with Crippen LogP contribution in [0.3, 0.4) is 0 Å². The third-order valence-electron chi connectivity index (χ3n) is 3.27. The number of amides is 2. The maximum absolute atomic E-state index is 12.2. The van der Waals surface area contributed by atoms with E-state index in [4.69, 9.17) is 5.11 Å². The lowest BCUT2D eigenvalue weighted by molar-refractivity contribution is -0.141. The van der Waals surface area contributed by atoms with Crippen LogP contribution < -0.4 is 5.32 Å². The molecule has 1 aromatic rings. The summed E-state index contributed by atoms with van der Waals surface area (Å²) in [7, 11) is 0. The Labute approximate surface area is 124 Å². The molecule has 0 radical (unpaired) electrons. The summed E-state index contributed by atoms with van der Waals surface area (Å²) in [6.45, 7) is 1.87. The van der Waals surface area contributed by atoms with Crippen LogP contribution in [0.1, 0.15) is 12.0 Å². The van der Waals surface area contributed by atoms with Gasteiger partial charge in [-0.25, -0.2) is 9.59 Å². The van der Waals surface area contributed by atoms with Crippen molar-refractivity contribution in [1.29, 1.82) is 0 Å². The second kappa shape index (κ2) is 5.80. The highest BCUT2D eigenvalue weighted by Gasteiger charge is 2.39. The number of carbonyl (C=O) groups is 2. The van der Waals surface area contributed by atoms with Crippen LogP contribution in [0.4, 0.5) is 10.5 Å². The monoisotopic (exact) mass is 342 g/mol. The summed E-state index contributed by atoms with van der Waals surface area (Å²) in [5.74, 6) is -1.11. The molecule has 0 bridgehead atoms. The molecule has 1 unspecified atom stereocenters. The molecule has 0 aliphatic carbocycles. The number of halogens is 1. The zero-order chi connectivity index (χ0) is 14.9. The van der Waals surface area contributed by atoms with E-state index in [-0.39, 0.29) is 13.0 Å². The Morgan fingerprint density at radius 3 is 2.80 bits per heavy atom. The number of carbonyl (C=O) groups excluding carboxylic acids is 1. The van der Waals surface area contributed by atoms with Crippen LogP contribution in [-0.4, -0.2) is 45.8 Å². The summed E-state index contributed by atoms with van der Waals surface area (Å²) in [5.41, 5.74) is 1.48. The van der Waals surface area contributed by atoms with Gasteiger partial charge >= 0.3 is 12.0 Å². The van der Waals surface area contributed by atoms with Crippen LogP contribution in [0.5, 0.6) is 0 Å². The number of likely N-dealkylation sites (tertiary alicyclic amines) is 1. The Morgan fingerprint density at radius 2 is 2.15 bits per heavy atom. The number of nitrogens with one attached hydrogen (secondary N) is 1. The smallest absolute Gasteiger partial charge is 0.326 e. The number of rotatable bonds is 2. The summed E-state index contributed by atoms with van der Waals surface area (Å²) in [5, 5.41) is 21.3. The van der Waals surface area contributed by atoms with Gasteiger partial charge in [-0.3, -0.25) is 0 Å². The molecule has 1 aromatic carbocycles. The number of carboxylic acids is 1. The summed E-state index contributed by atoms with van der Waals surface area (Å²) in [6.07, 6.45) is -0.745.